The number of hydrogen-bond donors (Lipinski definition) is 2. The van der Waals surface area contributed by atoms with Crippen molar-refractivity contribution >= 4 is 44.5 Å². The second-order valence-electron chi connectivity index (χ2n) is 4.02. The van der Waals surface area contributed by atoms with Gasteiger partial charge in [-0.15, -0.1) is 12.6 Å². The van der Waals surface area contributed by atoms with Crippen molar-refractivity contribution in [2.75, 3.05) is 26.4 Å². The molecular formula is C11H15BrN2O3S2. The first-order valence-corrected chi connectivity index (χ1v) is 8.26. The van der Waals surface area contributed by atoms with Gasteiger partial charge in [-0.2, -0.15) is 0 Å². The van der Waals surface area contributed by atoms with Crippen LogP contribution in [0.3, 0.4) is 0 Å². The molecule has 8 heteroatoms. The molecule has 0 atom stereocenters. The number of thiol groups is 1. The molecule has 0 aliphatic rings. The molecule has 0 radical (unpaired) electrons. The van der Waals surface area contributed by atoms with Crippen molar-refractivity contribution in [3.05, 3.63) is 28.2 Å². The van der Waals surface area contributed by atoms with Gasteiger partial charge in [0.15, 0.2) is 0 Å². The van der Waals surface area contributed by atoms with Crippen LogP contribution in [0, 0.1) is 0 Å². The van der Waals surface area contributed by atoms with Gasteiger partial charge < -0.3 is 5.32 Å². The van der Waals surface area contributed by atoms with Crippen LogP contribution in [0.2, 0.25) is 0 Å². The highest BCUT2D eigenvalue weighted by Crippen LogP contribution is 2.19. The molecule has 1 N–H and O–H groups in total. The quantitative estimate of drug-likeness (QED) is 0.773. The molecule has 0 aromatic heterocycles. The van der Waals surface area contributed by atoms with Crippen LogP contribution in [0.25, 0.3) is 0 Å². The Labute approximate surface area is 127 Å². The Bertz CT molecular complexity index is 573. The lowest BCUT2D eigenvalue weighted by Crippen LogP contribution is -2.34. The summed E-state index contributed by atoms with van der Waals surface area (Å²) >= 11 is 7.48. The molecule has 0 saturated heterocycles. The van der Waals surface area contributed by atoms with Crippen LogP contribution in [0.1, 0.15) is 10.4 Å². The summed E-state index contributed by atoms with van der Waals surface area (Å²) in [4.78, 5) is 12.4. The van der Waals surface area contributed by atoms with E-state index < -0.39 is 10.0 Å². The zero-order chi connectivity index (χ0) is 14.6. The minimum atomic E-state index is -3.30. The maximum atomic E-state index is 11.8. The average Bonchev–Trinajstić information content (AvgIpc) is 2.28. The maximum absolute atomic E-state index is 11.8. The number of benzene rings is 1. The zero-order valence-corrected chi connectivity index (χ0v) is 13.8. The lowest BCUT2D eigenvalue weighted by atomic mass is 10.2. The Kier molecular flexibility index (Phi) is 5.84. The number of carbonyl (C=O) groups is 1. The fraction of sp³-hybridized carbons (Fsp3) is 0.364. The fourth-order valence-electron chi connectivity index (χ4n) is 1.27. The van der Waals surface area contributed by atoms with Crippen LogP contribution in [-0.2, 0) is 10.0 Å². The van der Waals surface area contributed by atoms with Crippen molar-refractivity contribution in [2.45, 2.75) is 4.90 Å². The van der Waals surface area contributed by atoms with Crippen molar-refractivity contribution in [2.24, 2.45) is 0 Å². The lowest BCUT2D eigenvalue weighted by molar-refractivity contribution is 0.0953. The highest BCUT2D eigenvalue weighted by atomic mass is 79.9. The summed E-state index contributed by atoms with van der Waals surface area (Å²) < 4.78 is 25.0. The number of sulfonamides is 1. The SMILES string of the molecule is CN(C)S(=O)(=O)CCNC(=O)c1ccc(Br)cc1S. The standard InChI is InChI=1S/C11H15BrN2O3S2/c1-14(2)19(16,17)6-5-13-11(15)9-4-3-8(12)7-10(9)18/h3-4,7,18H,5-6H2,1-2H3,(H,13,15). The third-order valence-electron chi connectivity index (χ3n) is 2.41. The minimum Gasteiger partial charge on any atom is -0.351 e. The van der Waals surface area contributed by atoms with E-state index in [0.717, 1.165) is 8.78 Å². The molecule has 0 unspecified atom stereocenters. The number of amides is 1. The van der Waals surface area contributed by atoms with Crippen molar-refractivity contribution in [1.29, 1.82) is 0 Å². The number of nitrogens with one attached hydrogen (secondary N) is 1. The van der Waals surface area contributed by atoms with Gasteiger partial charge in [-0.3, -0.25) is 4.79 Å². The van der Waals surface area contributed by atoms with Gasteiger partial charge in [-0.1, -0.05) is 15.9 Å². The molecule has 0 bridgehead atoms. The maximum Gasteiger partial charge on any atom is 0.252 e. The number of halogens is 1. The van der Waals surface area contributed by atoms with E-state index in [2.05, 4.69) is 33.9 Å². The molecule has 0 fully saturated rings. The second-order valence-corrected chi connectivity index (χ2v) is 7.72. The first-order chi connectivity index (χ1) is 8.74. The van der Waals surface area contributed by atoms with Crippen molar-refractivity contribution in [3.63, 3.8) is 0 Å². The van der Waals surface area contributed by atoms with Gasteiger partial charge in [0.25, 0.3) is 5.91 Å². The highest BCUT2D eigenvalue weighted by molar-refractivity contribution is 9.10. The van der Waals surface area contributed by atoms with Crippen LogP contribution >= 0.6 is 28.6 Å². The Balaban J connectivity index is 2.62. The van der Waals surface area contributed by atoms with E-state index >= 15 is 0 Å². The van der Waals surface area contributed by atoms with E-state index in [1.807, 2.05) is 0 Å². The predicted molar refractivity (Wildman–Crippen MR) is 81.2 cm³/mol. The van der Waals surface area contributed by atoms with E-state index in [4.69, 9.17) is 0 Å². The monoisotopic (exact) mass is 366 g/mol. The van der Waals surface area contributed by atoms with Crippen LogP contribution in [0.15, 0.2) is 27.6 Å². The smallest absolute Gasteiger partial charge is 0.252 e. The van der Waals surface area contributed by atoms with Crippen molar-refractivity contribution in [1.82, 2.24) is 9.62 Å². The van der Waals surface area contributed by atoms with E-state index in [9.17, 15) is 13.2 Å². The summed E-state index contributed by atoms with van der Waals surface area (Å²) in [5.74, 6) is -0.476. The molecule has 0 aliphatic heterocycles. The Morgan fingerprint density at radius 1 is 1.42 bits per heavy atom. The number of rotatable bonds is 5. The number of nitrogens with zero attached hydrogens (tertiary/aromatic N) is 1. The molecule has 0 heterocycles. The van der Waals surface area contributed by atoms with Crippen molar-refractivity contribution < 1.29 is 13.2 Å². The van der Waals surface area contributed by atoms with Crippen LogP contribution in [-0.4, -0.2) is 45.0 Å². The van der Waals surface area contributed by atoms with Gasteiger partial charge in [0.05, 0.1) is 11.3 Å². The molecule has 1 amide bonds. The topological polar surface area (TPSA) is 66.5 Å². The molecule has 0 spiro atoms. The molecule has 106 valence electrons. The molecule has 5 nitrogen and oxygen atoms in total. The van der Waals surface area contributed by atoms with Gasteiger partial charge in [0.1, 0.15) is 0 Å². The van der Waals surface area contributed by atoms with Gasteiger partial charge in [0, 0.05) is 30.0 Å². The largest absolute Gasteiger partial charge is 0.351 e. The number of hydrogen-bond acceptors (Lipinski definition) is 4. The second kappa shape index (κ2) is 6.74. The first-order valence-electron chi connectivity index (χ1n) is 5.41. The minimum absolute atomic E-state index is 0.0582. The zero-order valence-electron chi connectivity index (χ0n) is 10.6. The summed E-state index contributed by atoms with van der Waals surface area (Å²) in [6, 6.07) is 5.06. The molecule has 1 aromatic rings. The van der Waals surface area contributed by atoms with E-state index in [1.54, 1.807) is 18.2 Å². The number of carbonyl (C=O) groups excluding carboxylic acids is 1. The van der Waals surface area contributed by atoms with Crippen LogP contribution < -0.4 is 5.32 Å². The Hall–Kier alpha value is -0.570. The summed E-state index contributed by atoms with van der Waals surface area (Å²) in [6.07, 6.45) is 0. The van der Waals surface area contributed by atoms with Gasteiger partial charge in [-0.05, 0) is 18.2 Å². The van der Waals surface area contributed by atoms with E-state index in [1.165, 1.54) is 14.1 Å². The van der Waals surface area contributed by atoms with E-state index in [0.29, 0.717) is 10.5 Å². The predicted octanol–water partition coefficient (Wildman–Crippen LogP) is 1.36. The highest BCUT2D eigenvalue weighted by Gasteiger charge is 2.15. The lowest BCUT2D eigenvalue weighted by Gasteiger charge is -2.12. The van der Waals surface area contributed by atoms with E-state index in [-0.39, 0.29) is 18.2 Å². The fourth-order valence-corrected chi connectivity index (χ4v) is 2.85. The molecule has 1 aromatic carbocycles. The van der Waals surface area contributed by atoms with Gasteiger partial charge >= 0.3 is 0 Å². The Morgan fingerprint density at radius 2 is 2.05 bits per heavy atom. The molecule has 19 heavy (non-hydrogen) atoms. The van der Waals surface area contributed by atoms with Crippen molar-refractivity contribution in [3.8, 4) is 0 Å². The summed E-state index contributed by atoms with van der Waals surface area (Å²) in [5, 5.41) is 2.56. The summed E-state index contributed by atoms with van der Waals surface area (Å²) in [6.45, 7) is 0.0582. The Morgan fingerprint density at radius 3 is 2.58 bits per heavy atom. The van der Waals surface area contributed by atoms with Crippen LogP contribution in [0.4, 0.5) is 0 Å². The summed E-state index contributed by atoms with van der Waals surface area (Å²) in [5.41, 5.74) is 0.411. The normalized spacial score (nSPS) is 11.6. The first kappa shape index (κ1) is 16.5. The molecular weight excluding hydrogens is 352 g/mol. The van der Waals surface area contributed by atoms with Gasteiger partial charge in [-0.25, -0.2) is 12.7 Å². The molecule has 1 rings (SSSR count). The van der Waals surface area contributed by atoms with Gasteiger partial charge in [0.2, 0.25) is 10.0 Å². The molecule has 0 aliphatic carbocycles. The summed E-state index contributed by atoms with van der Waals surface area (Å²) in [7, 11) is -0.389. The third kappa shape index (κ3) is 4.79. The van der Waals surface area contributed by atoms with Crippen LogP contribution in [0.5, 0.6) is 0 Å². The third-order valence-corrected chi connectivity index (χ3v) is 5.10. The average molecular weight is 367 g/mol. The molecule has 0 saturated carbocycles.